The third-order valence-corrected chi connectivity index (χ3v) is 3.30. The van der Waals surface area contributed by atoms with Gasteiger partial charge in [0.2, 0.25) is 0 Å². The van der Waals surface area contributed by atoms with Gasteiger partial charge in [-0.1, -0.05) is 12.8 Å². The van der Waals surface area contributed by atoms with E-state index in [1.807, 2.05) is 0 Å². The lowest BCUT2D eigenvalue weighted by molar-refractivity contribution is -0.128. The molecule has 0 saturated heterocycles. The van der Waals surface area contributed by atoms with Crippen molar-refractivity contribution in [1.29, 1.82) is 0 Å². The van der Waals surface area contributed by atoms with Gasteiger partial charge in [0.05, 0.1) is 0 Å². The van der Waals surface area contributed by atoms with Crippen molar-refractivity contribution in [3.63, 3.8) is 0 Å². The highest BCUT2D eigenvalue weighted by Gasteiger charge is 2.26. The molecule has 0 spiro atoms. The molecule has 1 aliphatic rings. The first kappa shape index (κ1) is 12.7. The second-order valence-electron chi connectivity index (χ2n) is 4.49. The smallest absolute Gasteiger partial charge is 0.161 e. The molecule has 1 fully saturated rings. The first-order chi connectivity index (χ1) is 7.27. The number of hydrogen-bond donors (Lipinski definition) is 1. The average Bonchev–Trinajstić information content (AvgIpc) is 2.27. The van der Waals surface area contributed by atoms with Crippen LogP contribution >= 0.6 is 0 Å². The number of methoxy groups -OCH3 is 1. The second kappa shape index (κ2) is 6.96. The van der Waals surface area contributed by atoms with Crippen LogP contribution in [0.1, 0.15) is 38.5 Å². The molecule has 2 atom stereocenters. The normalized spacial score (nSPS) is 26.5. The number of aliphatic hydroxyl groups is 1. The Labute approximate surface area is 91.8 Å². The molecule has 0 amide bonds. The monoisotopic (exact) mass is 214 g/mol. The summed E-state index contributed by atoms with van der Waals surface area (Å²) in [5.41, 5.74) is 0. The molecule has 3 nitrogen and oxygen atoms in total. The fourth-order valence-electron chi connectivity index (χ4n) is 2.49. The number of ketones is 1. The van der Waals surface area contributed by atoms with Crippen LogP contribution in [0.5, 0.6) is 0 Å². The van der Waals surface area contributed by atoms with Crippen LogP contribution in [0.15, 0.2) is 0 Å². The molecule has 0 radical (unpaired) electrons. The summed E-state index contributed by atoms with van der Waals surface area (Å²) in [7, 11) is 1.57. The summed E-state index contributed by atoms with van der Waals surface area (Å²) >= 11 is 0. The molecule has 0 aromatic heterocycles. The van der Waals surface area contributed by atoms with Gasteiger partial charge < -0.3 is 9.84 Å². The van der Waals surface area contributed by atoms with Crippen LogP contribution in [0.2, 0.25) is 0 Å². The second-order valence-corrected chi connectivity index (χ2v) is 4.49. The summed E-state index contributed by atoms with van der Waals surface area (Å²) in [4.78, 5) is 11.6. The Morgan fingerprint density at radius 3 is 2.93 bits per heavy atom. The van der Waals surface area contributed by atoms with Crippen LogP contribution in [0.25, 0.3) is 0 Å². The van der Waals surface area contributed by atoms with Crippen LogP contribution in [-0.4, -0.2) is 31.2 Å². The van der Waals surface area contributed by atoms with Gasteiger partial charge in [-0.15, -0.1) is 0 Å². The molecule has 3 heteroatoms. The van der Waals surface area contributed by atoms with Crippen molar-refractivity contribution in [3.8, 4) is 0 Å². The largest absolute Gasteiger partial charge is 0.396 e. The van der Waals surface area contributed by atoms with E-state index in [-0.39, 0.29) is 24.9 Å². The van der Waals surface area contributed by atoms with Crippen LogP contribution in [0.4, 0.5) is 0 Å². The molecule has 1 aliphatic carbocycles. The van der Waals surface area contributed by atoms with E-state index in [0.29, 0.717) is 5.92 Å². The Balaban J connectivity index is 2.31. The van der Waals surface area contributed by atoms with Crippen molar-refractivity contribution in [2.75, 3.05) is 20.3 Å². The highest BCUT2D eigenvalue weighted by atomic mass is 16.5. The molecular formula is C12H22O3. The van der Waals surface area contributed by atoms with E-state index in [1.54, 1.807) is 7.11 Å². The van der Waals surface area contributed by atoms with E-state index in [9.17, 15) is 4.79 Å². The number of hydrogen-bond acceptors (Lipinski definition) is 3. The molecule has 1 N–H and O–H groups in total. The molecule has 0 aromatic carbocycles. The van der Waals surface area contributed by atoms with Crippen LogP contribution in [0, 0.1) is 11.8 Å². The van der Waals surface area contributed by atoms with Crippen molar-refractivity contribution in [2.24, 2.45) is 11.8 Å². The summed E-state index contributed by atoms with van der Waals surface area (Å²) in [5, 5.41) is 8.77. The van der Waals surface area contributed by atoms with Gasteiger partial charge >= 0.3 is 0 Å². The Morgan fingerprint density at radius 1 is 1.47 bits per heavy atom. The fraction of sp³-hybridized carbons (Fsp3) is 0.917. The maximum absolute atomic E-state index is 11.6. The summed E-state index contributed by atoms with van der Waals surface area (Å²) in [6.07, 6.45) is 6.33. The number of aliphatic hydroxyl groups excluding tert-OH is 1. The lowest BCUT2D eigenvalue weighted by Gasteiger charge is -2.27. The van der Waals surface area contributed by atoms with E-state index in [2.05, 4.69) is 0 Å². The molecule has 0 aromatic rings. The van der Waals surface area contributed by atoms with Crippen molar-refractivity contribution in [2.45, 2.75) is 38.5 Å². The minimum absolute atomic E-state index is 0.211. The molecular weight excluding hydrogens is 192 g/mol. The zero-order valence-electron chi connectivity index (χ0n) is 9.58. The minimum atomic E-state index is 0.211. The summed E-state index contributed by atoms with van der Waals surface area (Å²) in [5.74, 6) is 1.10. The van der Waals surface area contributed by atoms with Crippen molar-refractivity contribution in [3.05, 3.63) is 0 Å². The number of ether oxygens (including phenoxy) is 1. The molecule has 15 heavy (non-hydrogen) atoms. The summed E-state index contributed by atoms with van der Waals surface area (Å²) in [6.45, 7) is 0.532. The van der Waals surface area contributed by atoms with Gasteiger partial charge in [0.1, 0.15) is 6.61 Å². The Kier molecular flexibility index (Phi) is 5.88. The van der Waals surface area contributed by atoms with E-state index >= 15 is 0 Å². The Morgan fingerprint density at radius 2 is 2.27 bits per heavy atom. The van der Waals surface area contributed by atoms with Gasteiger partial charge in [-0.2, -0.15) is 0 Å². The van der Waals surface area contributed by atoms with E-state index < -0.39 is 0 Å². The predicted molar refractivity (Wildman–Crippen MR) is 58.7 cm³/mol. The van der Waals surface area contributed by atoms with Crippen molar-refractivity contribution >= 4 is 5.78 Å². The van der Waals surface area contributed by atoms with Crippen LogP contribution < -0.4 is 0 Å². The molecule has 0 bridgehead atoms. The average molecular weight is 214 g/mol. The first-order valence-corrected chi connectivity index (χ1v) is 5.90. The van der Waals surface area contributed by atoms with E-state index in [1.165, 1.54) is 6.42 Å². The van der Waals surface area contributed by atoms with Crippen molar-refractivity contribution < 1.29 is 14.6 Å². The van der Waals surface area contributed by atoms with Gasteiger partial charge in [0, 0.05) is 19.6 Å². The SMILES string of the molecule is COCC(=O)C1CCCC(CCCO)C1. The third-order valence-electron chi connectivity index (χ3n) is 3.30. The number of carbonyl (C=O) groups excluding carboxylic acids is 1. The molecule has 0 heterocycles. The summed E-state index contributed by atoms with van der Waals surface area (Å²) in [6, 6.07) is 0. The Bertz CT molecular complexity index is 191. The number of rotatable bonds is 6. The topological polar surface area (TPSA) is 46.5 Å². The fourth-order valence-corrected chi connectivity index (χ4v) is 2.49. The predicted octanol–water partition coefficient (Wildman–Crippen LogP) is 1.78. The first-order valence-electron chi connectivity index (χ1n) is 5.90. The quantitative estimate of drug-likeness (QED) is 0.733. The molecule has 1 rings (SSSR count). The zero-order valence-corrected chi connectivity index (χ0v) is 9.58. The molecule has 1 saturated carbocycles. The molecule has 88 valence electrons. The minimum Gasteiger partial charge on any atom is -0.396 e. The lowest BCUT2D eigenvalue weighted by atomic mass is 9.78. The van der Waals surface area contributed by atoms with Crippen molar-refractivity contribution in [1.82, 2.24) is 0 Å². The van der Waals surface area contributed by atoms with E-state index in [4.69, 9.17) is 9.84 Å². The Hall–Kier alpha value is -0.410. The maximum Gasteiger partial charge on any atom is 0.161 e. The maximum atomic E-state index is 11.6. The number of Topliss-reactive ketones (excluding diaryl/α,β-unsaturated/α-hetero) is 1. The lowest BCUT2D eigenvalue weighted by Crippen LogP contribution is -2.25. The summed E-state index contributed by atoms with van der Waals surface area (Å²) < 4.78 is 4.88. The third kappa shape index (κ3) is 4.31. The number of carbonyl (C=O) groups is 1. The van der Waals surface area contributed by atoms with Gasteiger partial charge in [0.15, 0.2) is 5.78 Å². The van der Waals surface area contributed by atoms with Gasteiger partial charge in [-0.3, -0.25) is 4.79 Å². The van der Waals surface area contributed by atoms with Gasteiger partial charge in [-0.25, -0.2) is 0 Å². The van der Waals surface area contributed by atoms with Gasteiger partial charge in [-0.05, 0) is 31.6 Å². The highest BCUT2D eigenvalue weighted by Crippen LogP contribution is 2.32. The molecule has 2 unspecified atom stereocenters. The molecule has 0 aliphatic heterocycles. The standard InChI is InChI=1S/C12H22O3/c1-15-9-12(14)11-6-2-4-10(8-11)5-3-7-13/h10-11,13H,2-9H2,1H3. The highest BCUT2D eigenvalue weighted by molar-refractivity contribution is 5.82. The van der Waals surface area contributed by atoms with Crippen LogP contribution in [-0.2, 0) is 9.53 Å². The van der Waals surface area contributed by atoms with Crippen LogP contribution in [0.3, 0.4) is 0 Å². The van der Waals surface area contributed by atoms with E-state index in [0.717, 1.165) is 32.1 Å². The van der Waals surface area contributed by atoms with Gasteiger partial charge in [0.25, 0.3) is 0 Å². The zero-order chi connectivity index (χ0) is 11.1.